The molecule has 2 rings (SSSR count). The molecule has 1 unspecified atom stereocenters. The van der Waals surface area contributed by atoms with Gasteiger partial charge in [-0.15, -0.1) is 0 Å². The van der Waals surface area contributed by atoms with Crippen LogP contribution in [0.1, 0.15) is 12.8 Å². The van der Waals surface area contributed by atoms with Crippen molar-refractivity contribution in [2.45, 2.75) is 12.8 Å². The van der Waals surface area contributed by atoms with E-state index in [0.717, 1.165) is 13.2 Å². The Balaban J connectivity index is 1.96. The van der Waals surface area contributed by atoms with Crippen molar-refractivity contribution in [3.8, 4) is 0 Å². The van der Waals surface area contributed by atoms with E-state index in [0.29, 0.717) is 5.41 Å². The second-order valence-corrected chi connectivity index (χ2v) is 4.48. The first-order chi connectivity index (χ1) is 5.35. The number of hydrogen-bond acceptors (Lipinski definition) is 3. The Labute approximate surface area is 72.4 Å². The van der Waals surface area contributed by atoms with Gasteiger partial charge in [0.15, 0.2) is 0 Å². The third kappa shape index (κ3) is 1.42. The highest BCUT2D eigenvalue weighted by Crippen LogP contribution is 2.39. The van der Waals surface area contributed by atoms with Crippen molar-refractivity contribution < 1.29 is 4.74 Å². The second kappa shape index (κ2) is 2.96. The average molecular weight is 173 g/mol. The van der Waals surface area contributed by atoms with Crippen LogP contribution in [0.5, 0.6) is 0 Å². The molecule has 2 nitrogen and oxygen atoms in total. The molecule has 0 amide bonds. The zero-order chi connectivity index (χ0) is 7.73. The van der Waals surface area contributed by atoms with Crippen LogP contribution in [-0.4, -0.2) is 36.9 Å². The third-order valence-electron chi connectivity index (χ3n) is 2.85. The van der Waals surface area contributed by atoms with Gasteiger partial charge in [-0.3, -0.25) is 4.31 Å². The SMILES string of the molecule is CSN1CCC2(CCOC2)C1. The highest BCUT2D eigenvalue weighted by molar-refractivity contribution is 7.96. The minimum Gasteiger partial charge on any atom is -0.381 e. The Morgan fingerprint density at radius 3 is 2.91 bits per heavy atom. The Hall–Kier alpha value is 0.270. The van der Waals surface area contributed by atoms with E-state index in [1.54, 1.807) is 0 Å². The summed E-state index contributed by atoms with van der Waals surface area (Å²) in [6.45, 7) is 4.49. The van der Waals surface area contributed by atoms with E-state index >= 15 is 0 Å². The summed E-state index contributed by atoms with van der Waals surface area (Å²) in [5.74, 6) is 0. The molecule has 2 saturated heterocycles. The van der Waals surface area contributed by atoms with Crippen LogP contribution in [0.4, 0.5) is 0 Å². The molecule has 0 aliphatic carbocycles. The van der Waals surface area contributed by atoms with E-state index < -0.39 is 0 Å². The van der Waals surface area contributed by atoms with Gasteiger partial charge in [0.05, 0.1) is 6.61 Å². The maximum absolute atomic E-state index is 5.44. The van der Waals surface area contributed by atoms with Gasteiger partial charge < -0.3 is 4.74 Å². The molecule has 0 bridgehead atoms. The topological polar surface area (TPSA) is 12.5 Å². The second-order valence-electron chi connectivity index (χ2n) is 3.60. The summed E-state index contributed by atoms with van der Waals surface area (Å²) in [6, 6.07) is 0. The van der Waals surface area contributed by atoms with Gasteiger partial charge in [0.1, 0.15) is 0 Å². The quantitative estimate of drug-likeness (QED) is 0.556. The molecule has 64 valence electrons. The lowest BCUT2D eigenvalue weighted by Gasteiger charge is -2.20. The molecule has 1 atom stereocenters. The van der Waals surface area contributed by atoms with E-state index in [4.69, 9.17) is 4.74 Å². The van der Waals surface area contributed by atoms with E-state index in [-0.39, 0.29) is 0 Å². The van der Waals surface area contributed by atoms with Gasteiger partial charge in [0, 0.05) is 25.1 Å². The van der Waals surface area contributed by atoms with E-state index in [1.807, 2.05) is 11.9 Å². The van der Waals surface area contributed by atoms with Gasteiger partial charge in [-0.2, -0.15) is 0 Å². The Morgan fingerprint density at radius 2 is 2.36 bits per heavy atom. The summed E-state index contributed by atoms with van der Waals surface area (Å²) >= 11 is 1.87. The van der Waals surface area contributed by atoms with Crippen molar-refractivity contribution in [3.05, 3.63) is 0 Å². The zero-order valence-corrected chi connectivity index (χ0v) is 7.82. The Kier molecular flexibility index (Phi) is 2.12. The van der Waals surface area contributed by atoms with Crippen LogP contribution in [0.25, 0.3) is 0 Å². The maximum atomic E-state index is 5.44. The molecular weight excluding hydrogens is 158 g/mol. The fraction of sp³-hybridized carbons (Fsp3) is 1.00. The summed E-state index contributed by atoms with van der Waals surface area (Å²) in [4.78, 5) is 0. The molecule has 0 radical (unpaired) electrons. The molecule has 3 heteroatoms. The predicted octanol–water partition coefficient (Wildman–Crippen LogP) is 1.38. The van der Waals surface area contributed by atoms with Gasteiger partial charge >= 0.3 is 0 Å². The molecule has 0 aromatic carbocycles. The van der Waals surface area contributed by atoms with Crippen LogP contribution >= 0.6 is 11.9 Å². The first-order valence-corrected chi connectivity index (χ1v) is 5.40. The van der Waals surface area contributed by atoms with Crippen molar-refractivity contribution in [2.24, 2.45) is 5.41 Å². The van der Waals surface area contributed by atoms with E-state index in [2.05, 4.69) is 10.6 Å². The maximum Gasteiger partial charge on any atom is 0.0536 e. The molecule has 0 N–H and O–H groups in total. The smallest absolute Gasteiger partial charge is 0.0536 e. The van der Waals surface area contributed by atoms with Gasteiger partial charge in [-0.1, -0.05) is 11.9 Å². The normalized spacial score (nSPS) is 39.0. The van der Waals surface area contributed by atoms with E-state index in [9.17, 15) is 0 Å². The Morgan fingerprint density at radius 1 is 1.45 bits per heavy atom. The number of hydrogen-bond donors (Lipinski definition) is 0. The molecule has 2 aliphatic rings. The molecule has 2 aliphatic heterocycles. The van der Waals surface area contributed by atoms with Gasteiger partial charge in [-0.25, -0.2) is 0 Å². The van der Waals surface area contributed by atoms with E-state index in [1.165, 1.54) is 25.9 Å². The van der Waals surface area contributed by atoms with Crippen LogP contribution in [0.2, 0.25) is 0 Å². The summed E-state index contributed by atoms with van der Waals surface area (Å²) < 4.78 is 7.89. The van der Waals surface area contributed by atoms with Gasteiger partial charge in [0.2, 0.25) is 0 Å². The van der Waals surface area contributed by atoms with Gasteiger partial charge in [0.25, 0.3) is 0 Å². The fourth-order valence-electron chi connectivity index (χ4n) is 2.02. The number of nitrogens with zero attached hydrogens (tertiary/aromatic N) is 1. The lowest BCUT2D eigenvalue weighted by molar-refractivity contribution is 0.158. The first kappa shape index (κ1) is 7.90. The number of ether oxygens (including phenoxy) is 1. The van der Waals surface area contributed by atoms with Crippen LogP contribution in [0.15, 0.2) is 0 Å². The van der Waals surface area contributed by atoms with Crippen molar-refractivity contribution in [1.29, 1.82) is 0 Å². The summed E-state index contributed by atoms with van der Waals surface area (Å²) in [7, 11) is 0. The van der Waals surface area contributed by atoms with Crippen LogP contribution in [0.3, 0.4) is 0 Å². The molecule has 2 fully saturated rings. The average Bonchev–Trinajstić information content (AvgIpc) is 2.62. The number of rotatable bonds is 1. The highest BCUT2D eigenvalue weighted by Gasteiger charge is 2.40. The minimum atomic E-state index is 0.545. The van der Waals surface area contributed by atoms with Crippen LogP contribution < -0.4 is 0 Å². The molecular formula is C8H15NOS. The lowest BCUT2D eigenvalue weighted by Crippen LogP contribution is -2.23. The summed E-state index contributed by atoms with van der Waals surface area (Å²) in [5, 5.41) is 0. The van der Waals surface area contributed by atoms with Crippen molar-refractivity contribution in [3.63, 3.8) is 0 Å². The van der Waals surface area contributed by atoms with Crippen molar-refractivity contribution in [1.82, 2.24) is 4.31 Å². The lowest BCUT2D eigenvalue weighted by atomic mass is 9.87. The largest absolute Gasteiger partial charge is 0.381 e. The van der Waals surface area contributed by atoms with Crippen molar-refractivity contribution in [2.75, 3.05) is 32.6 Å². The molecule has 0 saturated carbocycles. The standard InChI is InChI=1S/C8H15NOS/c1-11-9-4-2-8(6-9)3-5-10-7-8/h2-7H2,1H3. The van der Waals surface area contributed by atoms with Crippen LogP contribution in [0, 0.1) is 5.41 Å². The van der Waals surface area contributed by atoms with Gasteiger partial charge in [-0.05, 0) is 19.1 Å². The molecule has 2 heterocycles. The summed E-state index contributed by atoms with van der Waals surface area (Å²) in [6.07, 6.45) is 4.78. The summed E-state index contributed by atoms with van der Waals surface area (Å²) in [5.41, 5.74) is 0.545. The molecule has 1 spiro atoms. The molecule has 11 heavy (non-hydrogen) atoms. The third-order valence-corrected chi connectivity index (χ3v) is 3.67. The first-order valence-electron chi connectivity index (χ1n) is 4.21. The monoisotopic (exact) mass is 173 g/mol. The highest BCUT2D eigenvalue weighted by atomic mass is 32.2. The molecule has 0 aromatic rings. The fourth-order valence-corrected chi connectivity index (χ4v) is 2.70. The van der Waals surface area contributed by atoms with Crippen molar-refractivity contribution >= 4 is 11.9 Å². The van der Waals surface area contributed by atoms with Crippen LogP contribution in [-0.2, 0) is 4.74 Å². The molecule has 0 aromatic heterocycles. The Bertz CT molecular complexity index is 145. The minimum absolute atomic E-state index is 0.545. The predicted molar refractivity (Wildman–Crippen MR) is 47.6 cm³/mol. The zero-order valence-electron chi connectivity index (χ0n) is 7.01.